The second-order valence-corrected chi connectivity index (χ2v) is 5.07. The smallest absolute Gasteiger partial charge is 0.337 e. The van der Waals surface area contributed by atoms with E-state index >= 15 is 0 Å². The molecule has 4 nitrogen and oxygen atoms in total. The largest absolute Gasteiger partial charge is 0.478 e. The summed E-state index contributed by atoms with van der Waals surface area (Å²) in [5.74, 6) is -5.11. The number of benzene rings is 1. The van der Waals surface area contributed by atoms with Gasteiger partial charge in [0.1, 0.15) is 5.41 Å². The van der Waals surface area contributed by atoms with Gasteiger partial charge in [-0.15, -0.1) is 0 Å². The highest BCUT2D eigenvalue weighted by molar-refractivity contribution is 6.33. The Hall–Kier alpha value is -1.69. The van der Waals surface area contributed by atoms with Crippen molar-refractivity contribution in [3.8, 4) is 0 Å². The molecule has 2 N–H and O–H groups in total. The van der Waals surface area contributed by atoms with Gasteiger partial charge < -0.3 is 10.4 Å². The number of hydrogen-bond acceptors (Lipinski definition) is 2. The topological polar surface area (TPSA) is 66.4 Å². The summed E-state index contributed by atoms with van der Waals surface area (Å²) in [6.07, 6.45) is -0.509. The molecule has 7 heteroatoms. The van der Waals surface area contributed by atoms with Crippen molar-refractivity contribution < 1.29 is 23.5 Å². The summed E-state index contributed by atoms with van der Waals surface area (Å²) >= 11 is 5.66. The fraction of sp³-hybridized carbons (Fsp3) is 0.333. The fourth-order valence-electron chi connectivity index (χ4n) is 1.68. The number of carboxylic acids is 1. The molecule has 0 saturated heterocycles. The Labute approximate surface area is 112 Å². The van der Waals surface area contributed by atoms with Gasteiger partial charge in [-0.25, -0.2) is 13.6 Å². The minimum absolute atomic E-state index is 0.00784. The van der Waals surface area contributed by atoms with Gasteiger partial charge in [0.15, 0.2) is 0 Å². The van der Waals surface area contributed by atoms with Crippen molar-refractivity contribution in [2.45, 2.75) is 19.3 Å². The molecule has 0 aliphatic heterocycles. The normalized spacial score (nSPS) is 23.8. The van der Waals surface area contributed by atoms with E-state index in [1.165, 1.54) is 12.1 Å². The number of anilines is 1. The first-order valence-electron chi connectivity index (χ1n) is 5.39. The second-order valence-electron chi connectivity index (χ2n) is 4.67. The molecule has 1 aliphatic rings. The highest BCUT2D eigenvalue weighted by Crippen LogP contribution is 2.60. The Balaban J connectivity index is 2.19. The van der Waals surface area contributed by atoms with Crippen LogP contribution < -0.4 is 5.32 Å². The molecule has 1 aromatic rings. The van der Waals surface area contributed by atoms with Crippen molar-refractivity contribution in [3.05, 3.63) is 28.8 Å². The van der Waals surface area contributed by atoms with Gasteiger partial charge in [0.05, 0.1) is 10.6 Å². The lowest BCUT2D eigenvalue weighted by Gasteiger charge is -2.12. The number of aromatic carboxylic acids is 1. The molecule has 0 aromatic heterocycles. The van der Waals surface area contributed by atoms with Gasteiger partial charge in [-0.05, 0) is 25.1 Å². The van der Waals surface area contributed by atoms with Gasteiger partial charge in [0, 0.05) is 12.1 Å². The van der Waals surface area contributed by atoms with E-state index in [0.717, 1.165) is 13.0 Å². The molecule has 0 bridgehead atoms. The molecule has 1 saturated carbocycles. The first-order valence-corrected chi connectivity index (χ1v) is 5.77. The van der Waals surface area contributed by atoms with Crippen LogP contribution in [0.5, 0.6) is 0 Å². The lowest BCUT2D eigenvalue weighted by molar-refractivity contribution is -0.123. The quantitative estimate of drug-likeness (QED) is 0.899. The number of hydrogen-bond donors (Lipinski definition) is 2. The van der Waals surface area contributed by atoms with Crippen LogP contribution in [0.2, 0.25) is 5.02 Å². The molecule has 0 heterocycles. The van der Waals surface area contributed by atoms with Crippen molar-refractivity contribution in [2.75, 3.05) is 5.32 Å². The van der Waals surface area contributed by atoms with Crippen LogP contribution in [-0.4, -0.2) is 22.9 Å². The van der Waals surface area contributed by atoms with Crippen LogP contribution in [-0.2, 0) is 4.79 Å². The first kappa shape index (κ1) is 13.7. The fourth-order valence-corrected chi connectivity index (χ4v) is 1.88. The molecule has 2 rings (SSSR count). The van der Waals surface area contributed by atoms with E-state index in [2.05, 4.69) is 5.32 Å². The average molecular weight is 290 g/mol. The number of carboxylic acid groups (broad SMARTS) is 1. The molecule has 1 atom stereocenters. The van der Waals surface area contributed by atoms with E-state index in [1.807, 2.05) is 0 Å². The highest BCUT2D eigenvalue weighted by Gasteiger charge is 2.72. The van der Waals surface area contributed by atoms with E-state index in [4.69, 9.17) is 16.7 Å². The van der Waals surface area contributed by atoms with E-state index in [-0.39, 0.29) is 16.3 Å². The summed E-state index contributed by atoms with van der Waals surface area (Å²) in [5.41, 5.74) is -1.81. The number of rotatable bonds is 3. The third-order valence-corrected chi connectivity index (χ3v) is 3.54. The van der Waals surface area contributed by atoms with E-state index in [9.17, 15) is 18.4 Å². The minimum atomic E-state index is -3.01. The number of carbonyl (C=O) groups excluding carboxylic acids is 1. The minimum Gasteiger partial charge on any atom is -0.478 e. The predicted octanol–water partition coefficient (Wildman–Crippen LogP) is 3.02. The highest BCUT2D eigenvalue weighted by atomic mass is 35.5. The molecule has 1 unspecified atom stereocenters. The van der Waals surface area contributed by atoms with Gasteiger partial charge >= 0.3 is 5.97 Å². The maximum absolute atomic E-state index is 13.0. The predicted molar refractivity (Wildman–Crippen MR) is 64.7 cm³/mol. The Morgan fingerprint density at radius 1 is 1.42 bits per heavy atom. The molecule has 1 aromatic carbocycles. The summed E-state index contributed by atoms with van der Waals surface area (Å²) < 4.78 is 26.1. The Kier molecular flexibility index (Phi) is 3.01. The van der Waals surface area contributed by atoms with Crippen LogP contribution >= 0.6 is 11.6 Å². The van der Waals surface area contributed by atoms with Crippen LogP contribution in [0.25, 0.3) is 0 Å². The number of amides is 1. The van der Waals surface area contributed by atoms with Gasteiger partial charge in [-0.3, -0.25) is 4.79 Å². The SMILES string of the molecule is CC1(C(=O)Nc2ccc(Cl)c(C(=O)O)c2)CC1(F)F. The molecular weight excluding hydrogens is 280 g/mol. The molecule has 1 amide bonds. The lowest BCUT2D eigenvalue weighted by atomic mass is 10.1. The first-order chi connectivity index (χ1) is 8.67. The van der Waals surface area contributed by atoms with Crippen LogP contribution in [0, 0.1) is 5.41 Å². The van der Waals surface area contributed by atoms with Crippen molar-refractivity contribution in [2.24, 2.45) is 5.41 Å². The molecule has 0 spiro atoms. The maximum atomic E-state index is 13.0. The van der Waals surface area contributed by atoms with Crippen LogP contribution in [0.15, 0.2) is 18.2 Å². The number of halogens is 3. The van der Waals surface area contributed by atoms with E-state index in [0.29, 0.717) is 0 Å². The van der Waals surface area contributed by atoms with Crippen molar-refractivity contribution in [1.29, 1.82) is 0 Å². The van der Waals surface area contributed by atoms with Gasteiger partial charge in [-0.2, -0.15) is 0 Å². The molecule has 1 fully saturated rings. The summed E-state index contributed by atoms with van der Waals surface area (Å²) in [6, 6.07) is 3.77. The van der Waals surface area contributed by atoms with E-state index in [1.54, 1.807) is 0 Å². The Morgan fingerprint density at radius 3 is 2.47 bits per heavy atom. The van der Waals surface area contributed by atoms with E-state index < -0.39 is 29.6 Å². The molecule has 102 valence electrons. The van der Waals surface area contributed by atoms with Gasteiger partial charge in [0.2, 0.25) is 5.91 Å². The lowest BCUT2D eigenvalue weighted by Crippen LogP contribution is -2.26. The van der Waals surface area contributed by atoms with Gasteiger partial charge in [-0.1, -0.05) is 11.6 Å². The van der Waals surface area contributed by atoms with Crippen molar-refractivity contribution >= 4 is 29.2 Å². The van der Waals surface area contributed by atoms with Crippen LogP contribution in [0.3, 0.4) is 0 Å². The summed E-state index contributed by atoms with van der Waals surface area (Å²) in [6.45, 7) is 1.16. The zero-order chi connectivity index (χ0) is 14.4. The third-order valence-electron chi connectivity index (χ3n) is 3.21. The molecule has 1 aliphatic carbocycles. The van der Waals surface area contributed by atoms with Crippen LogP contribution in [0.1, 0.15) is 23.7 Å². The van der Waals surface area contributed by atoms with Crippen LogP contribution in [0.4, 0.5) is 14.5 Å². The maximum Gasteiger partial charge on any atom is 0.337 e. The van der Waals surface area contributed by atoms with Crippen molar-refractivity contribution in [1.82, 2.24) is 0 Å². The summed E-state index contributed by atoms with van der Waals surface area (Å²) in [5, 5.41) is 11.2. The average Bonchev–Trinajstić information content (AvgIpc) is 2.82. The van der Waals surface area contributed by atoms with Gasteiger partial charge in [0.25, 0.3) is 5.92 Å². The molecule has 0 radical (unpaired) electrons. The zero-order valence-corrected chi connectivity index (χ0v) is 10.6. The van der Waals surface area contributed by atoms with Crippen molar-refractivity contribution in [3.63, 3.8) is 0 Å². The second kappa shape index (κ2) is 4.16. The number of carbonyl (C=O) groups is 2. The zero-order valence-electron chi connectivity index (χ0n) is 9.84. The summed E-state index contributed by atoms with van der Waals surface area (Å²) in [7, 11) is 0. The number of alkyl halides is 2. The monoisotopic (exact) mass is 289 g/mol. The Bertz CT molecular complexity index is 576. The molecular formula is C12H10ClF2NO3. The third kappa shape index (κ3) is 2.28. The Morgan fingerprint density at radius 2 is 2.00 bits per heavy atom. The molecule has 19 heavy (non-hydrogen) atoms. The standard InChI is InChI=1S/C12H10ClF2NO3/c1-11(5-12(11,14)15)10(19)16-6-2-3-8(13)7(4-6)9(17)18/h2-4H,5H2,1H3,(H,16,19)(H,17,18). The summed E-state index contributed by atoms with van der Waals surface area (Å²) in [4.78, 5) is 22.6. The number of nitrogens with one attached hydrogen (secondary N) is 1.